The number of rotatable bonds is 4. The van der Waals surface area contributed by atoms with Crippen molar-refractivity contribution in [3.8, 4) is 39.3 Å². The lowest BCUT2D eigenvalue weighted by atomic mass is 9.97. The first-order valence-corrected chi connectivity index (χ1v) is 17.1. The topological polar surface area (TPSA) is 17.8 Å². The van der Waals surface area contributed by atoms with E-state index in [0.717, 1.165) is 28.1 Å². The summed E-state index contributed by atoms with van der Waals surface area (Å²) in [6, 6.07) is 61.2. The van der Waals surface area contributed by atoms with Crippen molar-refractivity contribution in [1.29, 1.82) is 0 Å². The van der Waals surface area contributed by atoms with E-state index in [0.29, 0.717) is 0 Å². The highest BCUT2D eigenvalue weighted by Gasteiger charge is 2.22. The first-order chi connectivity index (χ1) is 23.8. The normalized spacial score (nSPS) is 11.8. The molecule has 0 amide bonds. The Bertz CT molecular complexity index is 2830. The number of aromatic nitrogens is 2. The third-order valence-electron chi connectivity index (χ3n) is 9.61. The molecule has 8 aromatic carbocycles. The fourth-order valence-electron chi connectivity index (χ4n) is 7.39. The predicted molar refractivity (Wildman–Crippen MR) is 205 cm³/mol. The number of imidazole rings is 1. The van der Waals surface area contributed by atoms with Crippen molar-refractivity contribution in [2.45, 2.75) is 0 Å². The van der Waals surface area contributed by atoms with Crippen LogP contribution < -0.4 is 0 Å². The fraction of sp³-hybridized carbons (Fsp3) is 0. The van der Waals surface area contributed by atoms with Crippen LogP contribution in [0.3, 0.4) is 0 Å². The lowest BCUT2D eigenvalue weighted by molar-refractivity contribution is 1.11. The zero-order valence-corrected chi connectivity index (χ0v) is 26.8. The molecule has 0 bridgehead atoms. The van der Waals surface area contributed by atoms with Crippen molar-refractivity contribution in [2.75, 3.05) is 0 Å². The average molecular weight is 629 g/mol. The van der Waals surface area contributed by atoms with E-state index in [-0.39, 0.29) is 0 Å². The van der Waals surface area contributed by atoms with Gasteiger partial charge in [-0.25, -0.2) is 4.98 Å². The van der Waals surface area contributed by atoms with E-state index >= 15 is 0 Å². The molecule has 0 saturated carbocycles. The van der Waals surface area contributed by atoms with E-state index in [4.69, 9.17) is 4.98 Å². The Labute approximate surface area is 281 Å². The molecule has 0 fully saturated rings. The van der Waals surface area contributed by atoms with Crippen LogP contribution in [0.15, 0.2) is 170 Å². The fourth-order valence-corrected chi connectivity index (χ4v) is 8.63. The Morgan fingerprint density at radius 1 is 0.458 bits per heavy atom. The van der Waals surface area contributed by atoms with Crippen LogP contribution in [0.25, 0.3) is 92.1 Å². The summed E-state index contributed by atoms with van der Waals surface area (Å²) in [5.74, 6) is 0.951. The second kappa shape index (κ2) is 10.8. The Kier molecular flexibility index (Phi) is 6.08. The quantitative estimate of drug-likeness (QED) is 0.177. The first kappa shape index (κ1) is 27.1. The minimum absolute atomic E-state index is 0.951. The number of benzene rings is 8. The van der Waals surface area contributed by atoms with Gasteiger partial charge in [-0.1, -0.05) is 140 Å². The third kappa shape index (κ3) is 4.15. The van der Waals surface area contributed by atoms with Crippen LogP contribution in [-0.2, 0) is 0 Å². The number of fused-ring (bicyclic) bond motifs is 8. The van der Waals surface area contributed by atoms with Gasteiger partial charge in [-0.05, 0) is 68.7 Å². The van der Waals surface area contributed by atoms with Gasteiger partial charge in [0.1, 0.15) is 5.82 Å². The minimum atomic E-state index is 0.951. The van der Waals surface area contributed by atoms with E-state index in [1.165, 1.54) is 64.0 Å². The molecule has 48 heavy (non-hydrogen) atoms. The molecule has 0 aliphatic carbocycles. The van der Waals surface area contributed by atoms with Crippen LogP contribution in [0.1, 0.15) is 0 Å². The highest BCUT2D eigenvalue weighted by molar-refractivity contribution is 7.26. The molecular formula is C45H28N2S. The molecule has 224 valence electrons. The molecule has 10 rings (SSSR count). The summed E-state index contributed by atoms with van der Waals surface area (Å²) in [6.07, 6.45) is 0. The lowest BCUT2D eigenvalue weighted by Gasteiger charge is -2.14. The van der Waals surface area contributed by atoms with Crippen molar-refractivity contribution >= 4 is 64.1 Å². The highest BCUT2D eigenvalue weighted by Crippen LogP contribution is 2.46. The maximum atomic E-state index is 5.59. The molecule has 0 unspecified atom stereocenters. The van der Waals surface area contributed by atoms with Gasteiger partial charge in [-0.15, -0.1) is 11.3 Å². The van der Waals surface area contributed by atoms with Crippen molar-refractivity contribution in [3.05, 3.63) is 170 Å². The Morgan fingerprint density at radius 3 is 2.00 bits per heavy atom. The van der Waals surface area contributed by atoms with E-state index in [9.17, 15) is 0 Å². The van der Waals surface area contributed by atoms with Gasteiger partial charge in [0.05, 0.1) is 11.0 Å². The van der Waals surface area contributed by atoms with E-state index in [2.05, 4.69) is 174 Å². The number of hydrogen-bond donors (Lipinski definition) is 0. The maximum Gasteiger partial charge on any atom is 0.147 e. The van der Waals surface area contributed by atoms with Crippen molar-refractivity contribution in [3.63, 3.8) is 0 Å². The second-order valence-corrected chi connectivity index (χ2v) is 13.4. The lowest BCUT2D eigenvalue weighted by Crippen LogP contribution is -1.98. The van der Waals surface area contributed by atoms with Crippen molar-refractivity contribution < 1.29 is 0 Å². The molecule has 0 aliphatic rings. The summed E-state index contributed by atoms with van der Waals surface area (Å²) in [4.78, 5) is 5.59. The van der Waals surface area contributed by atoms with Gasteiger partial charge in [-0.3, -0.25) is 4.57 Å². The van der Waals surface area contributed by atoms with E-state index in [1.54, 1.807) is 0 Å². The smallest absolute Gasteiger partial charge is 0.147 e. The second-order valence-electron chi connectivity index (χ2n) is 12.3. The summed E-state index contributed by atoms with van der Waals surface area (Å²) in [7, 11) is 0. The molecule has 0 N–H and O–H groups in total. The molecule has 2 aromatic heterocycles. The summed E-state index contributed by atoms with van der Waals surface area (Å²) >= 11 is 1.86. The standard InChI is InChI=1S/C45H28N2S/c1-3-12-29(13-4-1)32-17-11-18-33(28-32)47-40-27-26-36-34-19-8-7-16-31(34)22-23-37(36)43(40)46-45(47)39-25-24-35(30-14-5-2-6-15-30)42-38-20-9-10-21-41(38)48-44(39)42/h1-28H. The van der Waals surface area contributed by atoms with Crippen LogP contribution in [-0.4, -0.2) is 9.55 Å². The zero-order chi connectivity index (χ0) is 31.6. The van der Waals surface area contributed by atoms with Gasteiger partial charge in [-0.2, -0.15) is 0 Å². The van der Waals surface area contributed by atoms with Gasteiger partial charge in [0.25, 0.3) is 0 Å². The van der Waals surface area contributed by atoms with Gasteiger partial charge < -0.3 is 0 Å². The van der Waals surface area contributed by atoms with Gasteiger partial charge in [0.2, 0.25) is 0 Å². The maximum absolute atomic E-state index is 5.59. The SMILES string of the molecule is c1ccc(-c2cccc(-n3c(-c4ccc(-c5ccccc5)c5c4sc4ccccc45)nc4c5ccc6ccccc6c5ccc43)c2)cc1. The summed E-state index contributed by atoms with van der Waals surface area (Å²) < 4.78 is 4.91. The van der Waals surface area contributed by atoms with Gasteiger partial charge in [0, 0.05) is 36.8 Å². The Balaban J connectivity index is 1.32. The van der Waals surface area contributed by atoms with Gasteiger partial charge >= 0.3 is 0 Å². The number of nitrogens with zero attached hydrogens (tertiary/aromatic N) is 2. The predicted octanol–water partition coefficient (Wildman–Crippen LogP) is 12.7. The van der Waals surface area contributed by atoms with Crippen LogP contribution in [0.5, 0.6) is 0 Å². The molecule has 0 aliphatic heterocycles. The molecule has 0 radical (unpaired) electrons. The van der Waals surface area contributed by atoms with E-state index in [1.807, 2.05) is 11.3 Å². The molecular weight excluding hydrogens is 601 g/mol. The van der Waals surface area contributed by atoms with Crippen LogP contribution >= 0.6 is 11.3 Å². The third-order valence-corrected chi connectivity index (χ3v) is 10.8. The summed E-state index contributed by atoms with van der Waals surface area (Å²) in [6.45, 7) is 0. The largest absolute Gasteiger partial charge is 0.292 e. The van der Waals surface area contributed by atoms with Crippen molar-refractivity contribution in [1.82, 2.24) is 9.55 Å². The monoisotopic (exact) mass is 628 g/mol. The average Bonchev–Trinajstić information content (AvgIpc) is 3.75. The molecule has 3 heteroatoms. The van der Waals surface area contributed by atoms with Crippen LogP contribution in [0.2, 0.25) is 0 Å². The van der Waals surface area contributed by atoms with Gasteiger partial charge in [0.15, 0.2) is 0 Å². The van der Waals surface area contributed by atoms with Crippen LogP contribution in [0.4, 0.5) is 0 Å². The first-order valence-electron chi connectivity index (χ1n) is 16.3. The molecule has 2 heterocycles. The molecule has 0 atom stereocenters. The van der Waals surface area contributed by atoms with Crippen LogP contribution in [0, 0.1) is 0 Å². The molecule has 0 spiro atoms. The molecule has 10 aromatic rings. The summed E-state index contributed by atoms with van der Waals surface area (Å²) in [5, 5.41) is 7.44. The minimum Gasteiger partial charge on any atom is -0.292 e. The van der Waals surface area contributed by atoms with Crippen molar-refractivity contribution in [2.24, 2.45) is 0 Å². The number of hydrogen-bond acceptors (Lipinski definition) is 2. The molecule has 0 saturated heterocycles. The summed E-state index contributed by atoms with van der Waals surface area (Å²) in [5.41, 5.74) is 9.19. The number of thiophene rings is 1. The zero-order valence-electron chi connectivity index (χ0n) is 26.0. The highest BCUT2D eigenvalue weighted by atomic mass is 32.1. The molecule has 2 nitrogen and oxygen atoms in total. The Hall–Kier alpha value is -6.03. The van der Waals surface area contributed by atoms with E-state index < -0.39 is 0 Å². The Morgan fingerprint density at radius 2 is 1.15 bits per heavy atom.